The lowest BCUT2D eigenvalue weighted by atomic mass is 10.0. The molecule has 1 atom stereocenters. The fourth-order valence-electron chi connectivity index (χ4n) is 3.68. The van der Waals surface area contributed by atoms with Gasteiger partial charge in [0.15, 0.2) is 0 Å². The number of piperidine rings is 1. The average molecular weight is 317 g/mol. The van der Waals surface area contributed by atoms with Crippen LogP contribution in [0.15, 0.2) is 54.7 Å². The Hall–Kier alpha value is -2.42. The van der Waals surface area contributed by atoms with E-state index in [0.717, 1.165) is 30.2 Å². The third-order valence-electron chi connectivity index (χ3n) is 5.04. The lowest BCUT2D eigenvalue weighted by Crippen LogP contribution is -2.40. The predicted octanol–water partition coefficient (Wildman–Crippen LogP) is 5.07. The molecule has 3 nitrogen and oxygen atoms in total. The second kappa shape index (κ2) is 6.60. The van der Waals surface area contributed by atoms with Gasteiger partial charge in [0, 0.05) is 24.3 Å². The van der Waals surface area contributed by atoms with Gasteiger partial charge in [0.1, 0.15) is 0 Å². The van der Waals surface area contributed by atoms with Gasteiger partial charge in [0.2, 0.25) is 5.95 Å². The Morgan fingerprint density at radius 3 is 2.79 bits per heavy atom. The largest absolute Gasteiger partial charge is 0.338 e. The number of hydrogen-bond acceptors (Lipinski definition) is 3. The van der Waals surface area contributed by atoms with Crippen molar-refractivity contribution in [2.45, 2.75) is 38.6 Å². The van der Waals surface area contributed by atoms with Crippen LogP contribution < -0.4 is 4.90 Å². The van der Waals surface area contributed by atoms with Crippen LogP contribution in [-0.2, 0) is 0 Å². The zero-order valence-electron chi connectivity index (χ0n) is 14.2. The number of anilines is 1. The summed E-state index contributed by atoms with van der Waals surface area (Å²) < 4.78 is 0. The maximum Gasteiger partial charge on any atom is 0.226 e. The Labute approximate surface area is 143 Å². The number of aromatic nitrogens is 2. The Morgan fingerprint density at radius 1 is 1.04 bits per heavy atom. The summed E-state index contributed by atoms with van der Waals surface area (Å²) in [6, 6.07) is 17.6. The molecule has 2 heterocycles. The van der Waals surface area contributed by atoms with Gasteiger partial charge < -0.3 is 4.90 Å². The fourth-order valence-corrected chi connectivity index (χ4v) is 3.68. The zero-order chi connectivity index (χ0) is 16.4. The Morgan fingerprint density at radius 2 is 1.92 bits per heavy atom. The number of hydrogen-bond donors (Lipinski definition) is 0. The standard InChI is InChI=1S/C21H23N3/c1-2-19-9-5-6-14-24(19)21-22-13-12-20(23-21)18-11-10-16-7-3-4-8-17(16)15-18/h3-4,7-8,10-13,15,19H,2,5-6,9,14H2,1H3. The number of nitrogens with zero attached hydrogens (tertiary/aromatic N) is 3. The van der Waals surface area contributed by atoms with Crippen molar-refractivity contribution in [2.24, 2.45) is 0 Å². The minimum absolute atomic E-state index is 0.575. The second-order valence-corrected chi connectivity index (χ2v) is 6.56. The summed E-state index contributed by atoms with van der Waals surface area (Å²) >= 11 is 0. The highest BCUT2D eigenvalue weighted by Gasteiger charge is 2.23. The van der Waals surface area contributed by atoms with Crippen LogP contribution in [0.25, 0.3) is 22.0 Å². The van der Waals surface area contributed by atoms with Crippen molar-refractivity contribution < 1.29 is 0 Å². The average Bonchev–Trinajstić information content (AvgIpc) is 2.67. The Kier molecular flexibility index (Phi) is 4.16. The van der Waals surface area contributed by atoms with E-state index in [9.17, 15) is 0 Å². The molecule has 3 aromatic rings. The van der Waals surface area contributed by atoms with Gasteiger partial charge in [0.05, 0.1) is 5.69 Å². The molecule has 1 unspecified atom stereocenters. The molecule has 1 aliphatic heterocycles. The van der Waals surface area contributed by atoms with Crippen molar-refractivity contribution in [1.29, 1.82) is 0 Å². The lowest BCUT2D eigenvalue weighted by molar-refractivity contribution is 0.443. The van der Waals surface area contributed by atoms with E-state index in [-0.39, 0.29) is 0 Å². The zero-order valence-corrected chi connectivity index (χ0v) is 14.2. The molecule has 1 aliphatic rings. The van der Waals surface area contributed by atoms with Crippen LogP contribution in [0.1, 0.15) is 32.6 Å². The van der Waals surface area contributed by atoms with Gasteiger partial charge >= 0.3 is 0 Å². The summed E-state index contributed by atoms with van der Waals surface area (Å²) in [6.07, 6.45) is 6.86. The lowest BCUT2D eigenvalue weighted by Gasteiger charge is -2.35. The van der Waals surface area contributed by atoms with E-state index in [0.29, 0.717) is 6.04 Å². The molecule has 0 aliphatic carbocycles. The van der Waals surface area contributed by atoms with Gasteiger partial charge in [-0.1, -0.05) is 43.3 Å². The normalized spacial score (nSPS) is 18.0. The SMILES string of the molecule is CCC1CCCCN1c1nccc(-c2ccc3ccccc3c2)n1. The van der Waals surface area contributed by atoms with Crippen LogP contribution in [0, 0.1) is 0 Å². The van der Waals surface area contributed by atoms with Gasteiger partial charge in [-0.25, -0.2) is 9.97 Å². The van der Waals surface area contributed by atoms with Gasteiger partial charge in [0.25, 0.3) is 0 Å². The van der Waals surface area contributed by atoms with E-state index in [1.54, 1.807) is 0 Å². The van der Waals surface area contributed by atoms with Crippen molar-refractivity contribution >= 4 is 16.7 Å². The Balaban J connectivity index is 1.70. The minimum Gasteiger partial charge on any atom is -0.338 e. The van der Waals surface area contributed by atoms with E-state index in [1.807, 2.05) is 12.3 Å². The highest BCUT2D eigenvalue weighted by molar-refractivity contribution is 5.86. The molecule has 1 saturated heterocycles. The van der Waals surface area contributed by atoms with E-state index in [1.165, 1.54) is 30.0 Å². The van der Waals surface area contributed by atoms with Gasteiger partial charge in [-0.15, -0.1) is 0 Å². The Bertz CT molecular complexity index is 843. The minimum atomic E-state index is 0.575. The number of rotatable bonds is 3. The first-order chi connectivity index (χ1) is 11.8. The number of benzene rings is 2. The van der Waals surface area contributed by atoms with Crippen molar-refractivity contribution in [3.8, 4) is 11.3 Å². The second-order valence-electron chi connectivity index (χ2n) is 6.56. The summed E-state index contributed by atoms with van der Waals surface area (Å²) in [5.41, 5.74) is 2.16. The van der Waals surface area contributed by atoms with Crippen molar-refractivity contribution in [2.75, 3.05) is 11.4 Å². The summed E-state index contributed by atoms with van der Waals surface area (Å²) in [5, 5.41) is 2.51. The van der Waals surface area contributed by atoms with Gasteiger partial charge in [-0.2, -0.15) is 0 Å². The molecule has 0 N–H and O–H groups in total. The van der Waals surface area contributed by atoms with E-state index in [2.05, 4.69) is 59.3 Å². The summed E-state index contributed by atoms with van der Waals surface area (Å²) in [5.74, 6) is 0.882. The van der Waals surface area contributed by atoms with Crippen molar-refractivity contribution in [3.05, 3.63) is 54.7 Å². The molecular weight excluding hydrogens is 294 g/mol. The molecule has 4 rings (SSSR count). The first-order valence-electron chi connectivity index (χ1n) is 8.94. The van der Waals surface area contributed by atoms with Crippen LogP contribution in [0.5, 0.6) is 0 Å². The summed E-state index contributed by atoms with van der Waals surface area (Å²) in [7, 11) is 0. The quantitative estimate of drug-likeness (QED) is 0.675. The maximum atomic E-state index is 4.89. The molecule has 122 valence electrons. The van der Waals surface area contributed by atoms with Crippen LogP contribution >= 0.6 is 0 Å². The van der Waals surface area contributed by atoms with Crippen LogP contribution in [0.4, 0.5) is 5.95 Å². The molecule has 0 spiro atoms. The molecule has 1 fully saturated rings. The molecule has 0 saturated carbocycles. The third-order valence-corrected chi connectivity index (χ3v) is 5.04. The smallest absolute Gasteiger partial charge is 0.226 e. The molecule has 3 heteroatoms. The first kappa shape index (κ1) is 15.1. The van der Waals surface area contributed by atoms with E-state index >= 15 is 0 Å². The molecule has 2 aromatic carbocycles. The van der Waals surface area contributed by atoms with E-state index < -0.39 is 0 Å². The molecular formula is C21H23N3. The third kappa shape index (κ3) is 2.86. The van der Waals surface area contributed by atoms with Gasteiger partial charge in [-0.05, 0) is 48.6 Å². The van der Waals surface area contributed by atoms with Gasteiger partial charge in [-0.3, -0.25) is 0 Å². The number of fused-ring (bicyclic) bond motifs is 1. The monoisotopic (exact) mass is 317 g/mol. The molecule has 24 heavy (non-hydrogen) atoms. The topological polar surface area (TPSA) is 29.0 Å². The van der Waals surface area contributed by atoms with Crippen LogP contribution in [0.2, 0.25) is 0 Å². The first-order valence-corrected chi connectivity index (χ1v) is 8.94. The highest BCUT2D eigenvalue weighted by Crippen LogP contribution is 2.27. The van der Waals surface area contributed by atoms with Crippen molar-refractivity contribution in [1.82, 2.24) is 9.97 Å². The van der Waals surface area contributed by atoms with Crippen molar-refractivity contribution in [3.63, 3.8) is 0 Å². The molecule has 1 aromatic heterocycles. The summed E-state index contributed by atoms with van der Waals surface area (Å²) in [6.45, 7) is 3.33. The van der Waals surface area contributed by atoms with E-state index in [4.69, 9.17) is 4.98 Å². The van der Waals surface area contributed by atoms with Crippen LogP contribution in [-0.4, -0.2) is 22.6 Å². The molecule has 0 bridgehead atoms. The molecule has 0 amide bonds. The fraction of sp³-hybridized carbons (Fsp3) is 0.333. The summed E-state index contributed by atoms with van der Waals surface area (Å²) in [4.78, 5) is 11.8. The molecule has 0 radical (unpaired) electrons. The van der Waals surface area contributed by atoms with Crippen LogP contribution in [0.3, 0.4) is 0 Å². The highest BCUT2D eigenvalue weighted by atomic mass is 15.3. The maximum absolute atomic E-state index is 4.89. The predicted molar refractivity (Wildman–Crippen MR) is 100 cm³/mol.